The highest BCUT2D eigenvalue weighted by atomic mass is 16.5. The Labute approximate surface area is 88.7 Å². The van der Waals surface area contributed by atoms with Gasteiger partial charge in [0.15, 0.2) is 0 Å². The Balaban J connectivity index is 2.60. The number of carbonyl (C=O) groups is 1. The molecular formula is C9H9N3O4. The molecule has 0 amide bonds. The van der Waals surface area contributed by atoms with Gasteiger partial charge in [-0.2, -0.15) is 0 Å². The van der Waals surface area contributed by atoms with Crippen molar-refractivity contribution < 1.29 is 9.53 Å². The number of esters is 1. The van der Waals surface area contributed by atoms with Crippen molar-refractivity contribution in [3.8, 4) is 0 Å². The molecule has 0 radical (unpaired) electrons. The van der Waals surface area contributed by atoms with E-state index in [1.54, 1.807) is 6.92 Å². The Morgan fingerprint density at radius 2 is 2.25 bits per heavy atom. The van der Waals surface area contributed by atoms with Crippen LogP contribution in [0.3, 0.4) is 0 Å². The van der Waals surface area contributed by atoms with E-state index in [0.717, 1.165) is 0 Å². The largest absolute Gasteiger partial charge is 0.462 e. The van der Waals surface area contributed by atoms with E-state index in [0.29, 0.717) is 0 Å². The molecule has 0 aromatic carbocycles. The van der Waals surface area contributed by atoms with Crippen molar-refractivity contribution in [3.05, 3.63) is 38.7 Å². The van der Waals surface area contributed by atoms with E-state index in [-0.39, 0.29) is 17.7 Å². The van der Waals surface area contributed by atoms with Crippen molar-refractivity contribution in [2.24, 2.45) is 0 Å². The van der Waals surface area contributed by atoms with E-state index in [1.807, 2.05) is 0 Å². The third-order valence-corrected chi connectivity index (χ3v) is 2.01. The molecule has 2 aromatic heterocycles. The zero-order chi connectivity index (χ0) is 11.7. The molecule has 2 heterocycles. The molecule has 7 nitrogen and oxygen atoms in total. The summed E-state index contributed by atoms with van der Waals surface area (Å²) in [5, 5.41) is 2.35. The van der Waals surface area contributed by atoms with Crippen LogP contribution in [0.1, 0.15) is 17.3 Å². The molecule has 0 fully saturated rings. The number of rotatable bonds is 2. The van der Waals surface area contributed by atoms with Gasteiger partial charge in [0.25, 0.3) is 5.56 Å². The Morgan fingerprint density at radius 3 is 2.94 bits per heavy atom. The zero-order valence-corrected chi connectivity index (χ0v) is 8.44. The van der Waals surface area contributed by atoms with E-state index >= 15 is 0 Å². The molecule has 0 bridgehead atoms. The maximum atomic E-state index is 11.4. The van der Waals surface area contributed by atoms with Gasteiger partial charge in [-0.3, -0.25) is 14.3 Å². The van der Waals surface area contributed by atoms with Crippen molar-refractivity contribution in [2.45, 2.75) is 6.92 Å². The number of nitrogens with one attached hydrogen (secondary N) is 2. The maximum Gasteiger partial charge on any atom is 0.340 e. The lowest BCUT2D eigenvalue weighted by molar-refractivity contribution is 0.0526. The number of carbonyl (C=O) groups excluding carboxylic acids is 1. The summed E-state index contributed by atoms with van der Waals surface area (Å²) in [5.41, 5.74) is -0.792. The molecule has 2 N–H and O–H groups in total. The molecule has 0 spiro atoms. The molecule has 7 heteroatoms. The number of aromatic nitrogens is 3. The van der Waals surface area contributed by atoms with Crippen LogP contribution in [0.2, 0.25) is 0 Å². The molecular weight excluding hydrogens is 214 g/mol. The highest BCUT2D eigenvalue weighted by molar-refractivity contribution is 5.90. The second-order valence-corrected chi connectivity index (χ2v) is 3.10. The van der Waals surface area contributed by atoms with Crippen molar-refractivity contribution in [1.29, 1.82) is 0 Å². The SMILES string of the molecule is CCOC(=O)c1cc2c(=O)[nH]c(=O)[nH]n2c1. The van der Waals surface area contributed by atoms with Crippen LogP contribution >= 0.6 is 0 Å². The highest BCUT2D eigenvalue weighted by Gasteiger charge is 2.11. The number of ether oxygens (including phenoxy) is 1. The van der Waals surface area contributed by atoms with Crippen molar-refractivity contribution in [1.82, 2.24) is 14.6 Å². The minimum absolute atomic E-state index is 0.183. The Bertz CT molecular complexity index is 649. The van der Waals surface area contributed by atoms with Crippen LogP contribution in [-0.4, -0.2) is 27.2 Å². The van der Waals surface area contributed by atoms with Crippen LogP contribution in [-0.2, 0) is 4.74 Å². The first kappa shape index (κ1) is 10.2. The minimum Gasteiger partial charge on any atom is -0.462 e. The van der Waals surface area contributed by atoms with Gasteiger partial charge in [0, 0.05) is 6.20 Å². The van der Waals surface area contributed by atoms with Gasteiger partial charge in [-0.15, -0.1) is 0 Å². The number of nitrogens with zero attached hydrogens (tertiary/aromatic N) is 1. The topological polar surface area (TPSA) is 96.4 Å². The quantitative estimate of drug-likeness (QED) is 0.670. The van der Waals surface area contributed by atoms with Crippen LogP contribution in [0.25, 0.3) is 5.52 Å². The first-order valence-electron chi connectivity index (χ1n) is 4.63. The summed E-state index contributed by atoms with van der Waals surface area (Å²) in [4.78, 5) is 35.7. The Hall–Kier alpha value is -2.31. The summed E-state index contributed by atoms with van der Waals surface area (Å²) >= 11 is 0. The number of hydrogen-bond acceptors (Lipinski definition) is 4. The van der Waals surface area contributed by atoms with Crippen LogP contribution in [0.5, 0.6) is 0 Å². The number of aromatic amines is 2. The molecule has 2 aromatic rings. The molecule has 0 unspecified atom stereocenters. The number of hydrogen-bond donors (Lipinski definition) is 2. The summed E-state index contributed by atoms with van der Waals surface area (Å²) in [6.45, 7) is 1.93. The second-order valence-electron chi connectivity index (χ2n) is 3.10. The average Bonchev–Trinajstić information content (AvgIpc) is 2.62. The van der Waals surface area contributed by atoms with Crippen molar-refractivity contribution >= 4 is 11.5 Å². The fraction of sp³-hybridized carbons (Fsp3) is 0.222. The first-order valence-corrected chi connectivity index (χ1v) is 4.63. The summed E-state index contributed by atoms with van der Waals surface area (Å²) in [5.74, 6) is -0.536. The summed E-state index contributed by atoms with van der Waals surface area (Å²) in [7, 11) is 0. The third kappa shape index (κ3) is 1.62. The highest BCUT2D eigenvalue weighted by Crippen LogP contribution is 2.05. The monoisotopic (exact) mass is 223 g/mol. The van der Waals surface area contributed by atoms with E-state index in [9.17, 15) is 14.4 Å². The second kappa shape index (κ2) is 3.69. The molecule has 0 saturated heterocycles. The lowest BCUT2D eigenvalue weighted by Gasteiger charge is -1.96. The van der Waals surface area contributed by atoms with E-state index in [1.165, 1.54) is 16.8 Å². The van der Waals surface area contributed by atoms with Gasteiger partial charge in [0.05, 0.1) is 12.2 Å². The lowest BCUT2D eigenvalue weighted by atomic mass is 10.3. The van der Waals surface area contributed by atoms with Gasteiger partial charge in [0.1, 0.15) is 5.52 Å². The lowest BCUT2D eigenvalue weighted by Crippen LogP contribution is -2.24. The molecule has 84 valence electrons. The number of fused-ring (bicyclic) bond motifs is 1. The average molecular weight is 223 g/mol. The Morgan fingerprint density at radius 1 is 1.50 bits per heavy atom. The summed E-state index contributed by atoms with van der Waals surface area (Å²) in [6.07, 6.45) is 1.34. The zero-order valence-electron chi connectivity index (χ0n) is 8.44. The fourth-order valence-corrected chi connectivity index (χ4v) is 1.36. The van der Waals surface area contributed by atoms with Gasteiger partial charge in [-0.1, -0.05) is 0 Å². The molecule has 2 rings (SSSR count). The van der Waals surface area contributed by atoms with Gasteiger partial charge in [-0.05, 0) is 13.0 Å². The van der Waals surface area contributed by atoms with Crippen LogP contribution < -0.4 is 11.2 Å². The predicted molar refractivity (Wildman–Crippen MR) is 54.6 cm³/mol. The smallest absolute Gasteiger partial charge is 0.340 e. The minimum atomic E-state index is -0.636. The third-order valence-electron chi connectivity index (χ3n) is 2.01. The van der Waals surface area contributed by atoms with Crippen LogP contribution in [0.4, 0.5) is 0 Å². The van der Waals surface area contributed by atoms with Gasteiger partial charge >= 0.3 is 11.7 Å². The number of H-pyrrole nitrogens is 2. The van der Waals surface area contributed by atoms with Gasteiger partial charge in [-0.25, -0.2) is 14.7 Å². The predicted octanol–water partition coefficient (Wildman–Crippen LogP) is -0.507. The van der Waals surface area contributed by atoms with E-state index in [4.69, 9.17) is 4.74 Å². The Kier molecular flexibility index (Phi) is 2.35. The molecule has 16 heavy (non-hydrogen) atoms. The molecule has 0 saturated carbocycles. The standard InChI is InChI=1S/C9H9N3O4/c1-2-16-8(14)5-3-6-7(13)10-9(15)11-12(6)4-5/h3-4H,2H2,1H3,(H2,10,11,13,15). The fourth-order valence-electron chi connectivity index (χ4n) is 1.36. The van der Waals surface area contributed by atoms with Gasteiger partial charge in [0.2, 0.25) is 0 Å². The van der Waals surface area contributed by atoms with Crippen LogP contribution in [0, 0.1) is 0 Å². The normalized spacial score (nSPS) is 10.6. The van der Waals surface area contributed by atoms with E-state index in [2.05, 4.69) is 10.1 Å². The van der Waals surface area contributed by atoms with Crippen molar-refractivity contribution in [3.63, 3.8) is 0 Å². The van der Waals surface area contributed by atoms with Crippen LogP contribution in [0.15, 0.2) is 21.9 Å². The maximum absolute atomic E-state index is 11.4. The molecule has 0 atom stereocenters. The molecule has 0 aliphatic rings. The van der Waals surface area contributed by atoms with Crippen molar-refractivity contribution in [2.75, 3.05) is 6.61 Å². The van der Waals surface area contributed by atoms with Gasteiger partial charge < -0.3 is 4.74 Å². The summed E-state index contributed by atoms with van der Waals surface area (Å²) < 4.78 is 5.96. The summed E-state index contributed by atoms with van der Waals surface area (Å²) in [6, 6.07) is 1.35. The molecule has 0 aliphatic heterocycles. The molecule has 0 aliphatic carbocycles. The van der Waals surface area contributed by atoms with E-state index < -0.39 is 17.2 Å². The first-order chi connectivity index (χ1) is 7.61.